The van der Waals surface area contributed by atoms with Crippen LogP contribution in [0.1, 0.15) is 5.56 Å². The topological polar surface area (TPSA) is 34.5 Å². The molecule has 1 aromatic carbocycles. The highest BCUT2D eigenvalue weighted by Gasteiger charge is 2.00. The summed E-state index contributed by atoms with van der Waals surface area (Å²) in [6.07, 6.45) is 1.77. The van der Waals surface area contributed by atoms with E-state index in [1.165, 1.54) is 0 Å². The third-order valence-corrected chi connectivity index (χ3v) is 2.05. The van der Waals surface area contributed by atoms with Gasteiger partial charge in [-0.1, -0.05) is 18.2 Å². The summed E-state index contributed by atoms with van der Waals surface area (Å²) >= 11 is 0. The molecule has 1 heterocycles. The Bertz CT molecular complexity index is 448. The van der Waals surface area contributed by atoms with Crippen LogP contribution in [0.2, 0.25) is 0 Å². The van der Waals surface area contributed by atoms with Crippen molar-refractivity contribution in [3.63, 3.8) is 0 Å². The van der Waals surface area contributed by atoms with Crippen molar-refractivity contribution in [1.82, 2.24) is 4.98 Å². The van der Waals surface area contributed by atoms with E-state index in [9.17, 15) is 0 Å². The predicted molar refractivity (Wildman–Crippen MR) is 56.1 cm³/mol. The summed E-state index contributed by atoms with van der Waals surface area (Å²) in [4.78, 5) is 9.16. The minimum Gasteiger partial charge on any atom is -0.391 e. The number of pyridine rings is 1. The lowest BCUT2D eigenvalue weighted by molar-refractivity contribution is 0.134. The maximum Gasteiger partial charge on any atom is 0.143 e. The summed E-state index contributed by atoms with van der Waals surface area (Å²) in [6.45, 7) is 3.71. The van der Waals surface area contributed by atoms with Gasteiger partial charge in [-0.25, -0.2) is 0 Å². The second kappa shape index (κ2) is 3.87. The molecule has 0 radical (unpaired) electrons. The quantitative estimate of drug-likeness (QED) is 0.544. The molecule has 0 saturated carbocycles. The van der Waals surface area contributed by atoms with Crippen LogP contribution in [0.4, 0.5) is 0 Å². The molecule has 0 unspecified atom stereocenters. The molecule has 0 fully saturated rings. The van der Waals surface area contributed by atoms with Gasteiger partial charge in [0.15, 0.2) is 0 Å². The molecule has 0 N–H and O–H groups in total. The maximum atomic E-state index is 4.91. The molecule has 1 aromatic heterocycles. The Morgan fingerprint density at radius 1 is 1.29 bits per heavy atom. The molecule has 3 nitrogen and oxygen atoms in total. The molecule has 0 spiro atoms. The van der Waals surface area contributed by atoms with Crippen LogP contribution in [-0.2, 0) is 11.4 Å². The number of nitrogens with zero attached hydrogens (tertiary/aromatic N) is 2. The Labute approximate surface area is 82.0 Å². The summed E-state index contributed by atoms with van der Waals surface area (Å²) in [5.74, 6) is 0. The van der Waals surface area contributed by atoms with E-state index in [4.69, 9.17) is 4.84 Å². The molecular formula is C11H10N2O. The monoisotopic (exact) mass is 186 g/mol. The first kappa shape index (κ1) is 8.69. The van der Waals surface area contributed by atoms with Crippen LogP contribution in [0, 0.1) is 0 Å². The Kier molecular flexibility index (Phi) is 2.40. The Morgan fingerprint density at radius 2 is 2.14 bits per heavy atom. The standard InChI is InChI=1S/C11H10N2O/c1-12-14-8-9-6-7-13-11-5-3-2-4-10(9)11/h2-7H,1,8H2. The molecule has 70 valence electrons. The van der Waals surface area contributed by atoms with Crippen molar-refractivity contribution in [3.8, 4) is 0 Å². The van der Waals surface area contributed by atoms with Crippen LogP contribution in [0.3, 0.4) is 0 Å². The molecule has 0 aliphatic rings. The van der Waals surface area contributed by atoms with E-state index in [1.807, 2.05) is 30.3 Å². The molecule has 3 heteroatoms. The fourth-order valence-electron chi connectivity index (χ4n) is 1.40. The molecule has 2 aromatic rings. The second-order valence-electron chi connectivity index (χ2n) is 2.89. The Morgan fingerprint density at radius 3 is 3.00 bits per heavy atom. The molecule has 0 amide bonds. The van der Waals surface area contributed by atoms with Crippen molar-refractivity contribution in [1.29, 1.82) is 0 Å². The Balaban J connectivity index is 2.48. The van der Waals surface area contributed by atoms with Gasteiger partial charge in [0.1, 0.15) is 6.61 Å². The van der Waals surface area contributed by atoms with Gasteiger partial charge in [0.2, 0.25) is 0 Å². The third kappa shape index (κ3) is 1.57. The van der Waals surface area contributed by atoms with Crippen molar-refractivity contribution < 1.29 is 4.84 Å². The van der Waals surface area contributed by atoms with Crippen LogP contribution in [0.15, 0.2) is 41.7 Å². The van der Waals surface area contributed by atoms with Gasteiger partial charge in [0.25, 0.3) is 0 Å². The van der Waals surface area contributed by atoms with Gasteiger partial charge < -0.3 is 4.84 Å². The summed E-state index contributed by atoms with van der Waals surface area (Å²) < 4.78 is 0. The van der Waals surface area contributed by atoms with Gasteiger partial charge in [-0.2, -0.15) is 0 Å². The van der Waals surface area contributed by atoms with E-state index in [0.717, 1.165) is 16.5 Å². The normalized spacial score (nSPS) is 10.0. The zero-order chi connectivity index (χ0) is 9.80. The van der Waals surface area contributed by atoms with Crippen LogP contribution in [-0.4, -0.2) is 11.7 Å². The molecule has 14 heavy (non-hydrogen) atoms. The SMILES string of the molecule is C=NOCc1ccnc2ccccc12. The van der Waals surface area contributed by atoms with Gasteiger partial charge in [-0.05, 0) is 12.1 Å². The predicted octanol–water partition coefficient (Wildman–Crippen LogP) is 2.37. The van der Waals surface area contributed by atoms with Crippen molar-refractivity contribution in [3.05, 3.63) is 42.1 Å². The minimum atomic E-state index is 0.437. The van der Waals surface area contributed by atoms with Crippen LogP contribution >= 0.6 is 0 Å². The van der Waals surface area contributed by atoms with E-state index in [0.29, 0.717) is 6.61 Å². The lowest BCUT2D eigenvalue weighted by atomic mass is 10.1. The number of para-hydroxylation sites is 1. The number of oxime groups is 1. The van der Waals surface area contributed by atoms with E-state index in [1.54, 1.807) is 6.20 Å². The highest BCUT2D eigenvalue weighted by Crippen LogP contribution is 2.16. The van der Waals surface area contributed by atoms with Gasteiger partial charge in [-0.3, -0.25) is 4.98 Å². The number of aromatic nitrogens is 1. The van der Waals surface area contributed by atoms with Crippen LogP contribution < -0.4 is 0 Å². The number of rotatable bonds is 3. The molecule has 0 aliphatic carbocycles. The number of hydrogen-bond donors (Lipinski definition) is 0. The van der Waals surface area contributed by atoms with Gasteiger partial charge in [0.05, 0.1) is 5.52 Å². The average molecular weight is 186 g/mol. The summed E-state index contributed by atoms with van der Waals surface area (Å²) in [5, 5.41) is 4.46. The first-order chi connectivity index (χ1) is 6.92. The molecular weight excluding hydrogens is 176 g/mol. The first-order valence-electron chi connectivity index (χ1n) is 4.32. The largest absolute Gasteiger partial charge is 0.391 e. The van der Waals surface area contributed by atoms with Gasteiger partial charge in [-0.15, -0.1) is 5.16 Å². The lowest BCUT2D eigenvalue weighted by Gasteiger charge is -2.03. The number of hydrogen-bond acceptors (Lipinski definition) is 3. The number of benzene rings is 1. The van der Waals surface area contributed by atoms with E-state index < -0.39 is 0 Å². The van der Waals surface area contributed by atoms with Crippen molar-refractivity contribution in [2.45, 2.75) is 6.61 Å². The minimum absolute atomic E-state index is 0.437. The summed E-state index contributed by atoms with van der Waals surface area (Å²) in [5.41, 5.74) is 2.04. The zero-order valence-corrected chi connectivity index (χ0v) is 7.68. The first-order valence-corrected chi connectivity index (χ1v) is 4.32. The van der Waals surface area contributed by atoms with Crippen molar-refractivity contribution in [2.75, 3.05) is 0 Å². The molecule has 0 atom stereocenters. The van der Waals surface area contributed by atoms with Crippen molar-refractivity contribution >= 4 is 17.6 Å². The van der Waals surface area contributed by atoms with Gasteiger partial charge in [0, 0.05) is 23.9 Å². The Hall–Kier alpha value is -1.90. The second-order valence-corrected chi connectivity index (χ2v) is 2.89. The van der Waals surface area contributed by atoms with Gasteiger partial charge >= 0.3 is 0 Å². The summed E-state index contributed by atoms with van der Waals surface area (Å²) in [6, 6.07) is 9.86. The van der Waals surface area contributed by atoms with E-state index in [-0.39, 0.29) is 0 Å². The smallest absolute Gasteiger partial charge is 0.143 e. The fourth-order valence-corrected chi connectivity index (χ4v) is 1.40. The number of fused-ring (bicyclic) bond motifs is 1. The maximum absolute atomic E-state index is 4.91. The zero-order valence-electron chi connectivity index (χ0n) is 7.68. The molecule has 2 rings (SSSR count). The highest BCUT2D eigenvalue weighted by atomic mass is 16.6. The third-order valence-electron chi connectivity index (χ3n) is 2.05. The lowest BCUT2D eigenvalue weighted by Crippen LogP contribution is -1.89. The average Bonchev–Trinajstić information content (AvgIpc) is 2.26. The summed E-state index contributed by atoms with van der Waals surface area (Å²) in [7, 11) is 0. The van der Waals surface area contributed by atoms with Crippen molar-refractivity contribution in [2.24, 2.45) is 5.16 Å². The fraction of sp³-hybridized carbons (Fsp3) is 0.0909. The molecule has 0 saturated heterocycles. The van der Waals surface area contributed by atoms with Crippen LogP contribution in [0.25, 0.3) is 10.9 Å². The van der Waals surface area contributed by atoms with E-state index >= 15 is 0 Å². The molecule has 0 bridgehead atoms. The molecule has 0 aliphatic heterocycles. The highest BCUT2D eigenvalue weighted by molar-refractivity contribution is 5.81. The van der Waals surface area contributed by atoms with Crippen LogP contribution in [0.5, 0.6) is 0 Å². The van der Waals surface area contributed by atoms with E-state index in [2.05, 4.69) is 16.9 Å².